The molecule has 0 aromatic heterocycles. The highest BCUT2D eigenvalue weighted by molar-refractivity contribution is 5.85. The SMILES string of the molecule is CC1CCC(C[C@H]2C(=O)N(OC3CCCCO3)[C@H]2C(C)C)CC1. The fourth-order valence-corrected chi connectivity index (χ4v) is 4.48. The summed E-state index contributed by atoms with van der Waals surface area (Å²) in [5, 5.41) is 1.65. The van der Waals surface area contributed by atoms with Crippen molar-refractivity contribution in [3.8, 4) is 0 Å². The summed E-state index contributed by atoms with van der Waals surface area (Å²) in [6.45, 7) is 7.50. The lowest BCUT2D eigenvalue weighted by atomic mass is 9.72. The van der Waals surface area contributed by atoms with Crippen LogP contribution in [0.2, 0.25) is 0 Å². The Balaban J connectivity index is 1.55. The van der Waals surface area contributed by atoms with Crippen LogP contribution in [0.1, 0.15) is 72.1 Å². The minimum Gasteiger partial charge on any atom is -0.350 e. The maximum atomic E-state index is 12.6. The topological polar surface area (TPSA) is 38.8 Å². The molecule has 23 heavy (non-hydrogen) atoms. The van der Waals surface area contributed by atoms with Gasteiger partial charge in [-0.25, -0.2) is 9.90 Å². The third kappa shape index (κ3) is 3.90. The average Bonchev–Trinajstić information content (AvgIpc) is 2.55. The van der Waals surface area contributed by atoms with Crippen LogP contribution in [-0.4, -0.2) is 29.9 Å². The van der Waals surface area contributed by atoms with Gasteiger partial charge in [0, 0.05) is 13.0 Å². The molecule has 1 amide bonds. The fourth-order valence-electron chi connectivity index (χ4n) is 4.48. The van der Waals surface area contributed by atoms with Crippen LogP contribution in [0.4, 0.5) is 0 Å². The van der Waals surface area contributed by atoms with Crippen molar-refractivity contribution in [1.82, 2.24) is 5.06 Å². The van der Waals surface area contributed by atoms with Crippen LogP contribution in [0.15, 0.2) is 0 Å². The zero-order valence-corrected chi connectivity index (χ0v) is 15.0. The molecule has 0 N–H and O–H groups in total. The number of carbonyl (C=O) groups excluding carboxylic acids is 1. The maximum Gasteiger partial charge on any atom is 0.251 e. The van der Waals surface area contributed by atoms with Crippen LogP contribution >= 0.6 is 0 Å². The molecule has 132 valence electrons. The molecule has 1 unspecified atom stereocenters. The number of hydroxylamine groups is 2. The van der Waals surface area contributed by atoms with E-state index in [1.54, 1.807) is 5.06 Å². The number of hydrogen-bond donors (Lipinski definition) is 0. The van der Waals surface area contributed by atoms with Gasteiger partial charge in [0.25, 0.3) is 5.91 Å². The van der Waals surface area contributed by atoms with Gasteiger partial charge < -0.3 is 4.74 Å². The quantitative estimate of drug-likeness (QED) is 0.714. The predicted molar refractivity (Wildman–Crippen MR) is 89.4 cm³/mol. The molecule has 1 saturated carbocycles. The van der Waals surface area contributed by atoms with E-state index in [0.717, 1.165) is 44.1 Å². The van der Waals surface area contributed by atoms with Crippen LogP contribution in [0.3, 0.4) is 0 Å². The summed E-state index contributed by atoms with van der Waals surface area (Å²) >= 11 is 0. The van der Waals surface area contributed by atoms with Crippen molar-refractivity contribution in [3.05, 3.63) is 0 Å². The maximum absolute atomic E-state index is 12.6. The van der Waals surface area contributed by atoms with Gasteiger partial charge in [0.15, 0.2) is 6.29 Å². The van der Waals surface area contributed by atoms with Gasteiger partial charge in [-0.1, -0.05) is 46.5 Å². The summed E-state index contributed by atoms with van der Waals surface area (Å²) in [6, 6.07) is 0.229. The Bertz CT molecular complexity index is 397. The summed E-state index contributed by atoms with van der Waals surface area (Å²) in [4.78, 5) is 18.5. The Kier molecular flexibility index (Phi) is 5.63. The first-order valence-corrected chi connectivity index (χ1v) is 9.67. The zero-order chi connectivity index (χ0) is 16.4. The molecule has 0 bridgehead atoms. The molecule has 3 atom stereocenters. The molecule has 0 radical (unpaired) electrons. The Morgan fingerprint density at radius 2 is 1.91 bits per heavy atom. The monoisotopic (exact) mass is 323 g/mol. The number of hydrogen-bond acceptors (Lipinski definition) is 3. The first-order chi connectivity index (χ1) is 11.1. The molecule has 3 fully saturated rings. The standard InChI is InChI=1S/C19H33NO3/c1-13(2)18-16(12-15-9-7-14(3)8-10-15)19(21)20(18)23-17-6-4-5-11-22-17/h13-18H,4-12H2,1-3H3/t14?,15?,16-,17?,18+/m1/s1. The van der Waals surface area contributed by atoms with Crippen molar-refractivity contribution in [2.75, 3.05) is 6.61 Å². The normalized spacial score (nSPS) is 38.7. The van der Waals surface area contributed by atoms with Crippen LogP contribution in [0.5, 0.6) is 0 Å². The summed E-state index contributed by atoms with van der Waals surface area (Å²) in [7, 11) is 0. The van der Waals surface area contributed by atoms with Crippen molar-refractivity contribution in [2.45, 2.75) is 84.5 Å². The van der Waals surface area contributed by atoms with Crippen LogP contribution in [-0.2, 0) is 14.4 Å². The lowest BCUT2D eigenvalue weighted by Gasteiger charge is -2.50. The van der Waals surface area contributed by atoms with Gasteiger partial charge >= 0.3 is 0 Å². The summed E-state index contributed by atoms with van der Waals surface area (Å²) in [5.41, 5.74) is 0. The van der Waals surface area contributed by atoms with Crippen molar-refractivity contribution in [2.24, 2.45) is 23.7 Å². The average molecular weight is 323 g/mol. The fraction of sp³-hybridized carbons (Fsp3) is 0.947. The zero-order valence-electron chi connectivity index (χ0n) is 15.0. The second-order valence-corrected chi connectivity index (χ2v) is 8.27. The van der Waals surface area contributed by atoms with Gasteiger partial charge in [-0.05, 0) is 37.0 Å². The first-order valence-electron chi connectivity index (χ1n) is 9.67. The van der Waals surface area contributed by atoms with E-state index < -0.39 is 0 Å². The van der Waals surface area contributed by atoms with E-state index in [2.05, 4.69) is 20.8 Å². The Morgan fingerprint density at radius 1 is 1.17 bits per heavy atom. The molecule has 3 rings (SSSR count). The van der Waals surface area contributed by atoms with Crippen LogP contribution < -0.4 is 0 Å². The van der Waals surface area contributed by atoms with E-state index in [0.29, 0.717) is 5.92 Å². The van der Waals surface area contributed by atoms with E-state index in [1.807, 2.05) is 0 Å². The van der Waals surface area contributed by atoms with Gasteiger partial charge in [-0.2, -0.15) is 0 Å². The number of β-lactam (4-membered cyclic amide) rings is 1. The predicted octanol–water partition coefficient (Wildman–Crippen LogP) is 4.14. The van der Waals surface area contributed by atoms with E-state index in [-0.39, 0.29) is 24.2 Å². The molecule has 1 aliphatic carbocycles. The summed E-state index contributed by atoms with van der Waals surface area (Å²) < 4.78 is 5.64. The minimum absolute atomic E-state index is 0.164. The molecule has 3 aliphatic rings. The van der Waals surface area contributed by atoms with Gasteiger partial charge in [0.1, 0.15) is 0 Å². The van der Waals surface area contributed by atoms with Crippen LogP contribution in [0, 0.1) is 23.7 Å². The third-order valence-corrected chi connectivity index (χ3v) is 5.99. The van der Waals surface area contributed by atoms with E-state index >= 15 is 0 Å². The first kappa shape index (κ1) is 17.2. The van der Waals surface area contributed by atoms with Crippen molar-refractivity contribution in [1.29, 1.82) is 0 Å². The number of ether oxygens (including phenoxy) is 1. The van der Waals surface area contributed by atoms with Crippen molar-refractivity contribution in [3.63, 3.8) is 0 Å². The lowest BCUT2D eigenvalue weighted by molar-refractivity contribution is -0.324. The second-order valence-electron chi connectivity index (χ2n) is 8.27. The highest BCUT2D eigenvalue weighted by Crippen LogP contribution is 2.41. The van der Waals surface area contributed by atoms with Gasteiger partial charge in [-0.15, -0.1) is 0 Å². The van der Waals surface area contributed by atoms with E-state index in [9.17, 15) is 4.79 Å². The second kappa shape index (κ2) is 7.52. The Morgan fingerprint density at radius 3 is 2.52 bits per heavy atom. The highest BCUT2D eigenvalue weighted by Gasteiger charge is 2.51. The van der Waals surface area contributed by atoms with Crippen molar-refractivity contribution < 1.29 is 14.4 Å². The van der Waals surface area contributed by atoms with Gasteiger partial charge in [0.05, 0.1) is 12.0 Å². The Hall–Kier alpha value is -0.610. The van der Waals surface area contributed by atoms with Gasteiger partial charge in [0.2, 0.25) is 0 Å². The number of amides is 1. The largest absolute Gasteiger partial charge is 0.350 e. The van der Waals surface area contributed by atoms with Crippen molar-refractivity contribution >= 4 is 5.91 Å². The molecule has 2 saturated heterocycles. The number of nitrogens with zero attached hydrogens (tertiary/aromatic N) is 1. The molecular weight excluding hydrogens is 290 g/mol. The third-order valence-electron chi connectivity index (χ3n) is 5.99. The smallest absolute Gasteiger partial charge is 0.251 e. The van der Waals surface area contributed by atoms with E-state index in [4.69, 9.17) is 9.57 Å². The lowest BCUT2D eigenvalue weighted by Crippen LogP contribution is -2.64. The highest BCUT2D eigenvalue weighted by atomic mass is 16.8. The van der Waals surface area contributed by atoms with E-state index in [1.165, 1.54) is 25.7 Å². The molecule has 4 heteroatoms. The molecule has 2 heterocycles. The molecule has 0 aromatic carbocycles. The summed E-state index contributed by atoms with van der Waals surface area (Å²) in [5.74, 6) is 2.39. The molecule has 2 aliphatic heterocycles. The van der Waals surface area contributed by atoms with Gasteiger partial charge in [-0.3, -0.25) is 4.79 Å². The molecule has 4 nitrogen and oxygen atoms in total. The number of carbonyl (C=O) groups is 1. The number of rotatable bonds is 5. The molecular formula is C19H33NO3. The molecule has 0 aromatic rings. The van der Waals surface area contributed by atoms with Crippen LogP contribution in [0.25, 0.3) is 0 Å². The Labute approximate surface area is 140 Å². The summed E-state index contributed by atoms with van der Waals surface area (Å²) in [6.07, 6.45) is 9.21. The minimum atomic E-state index is -0.217. The molecule has 0 spiro atoms.